The van der Waals surface area contributed by atoms with Crippen molar-refractivity contribution in [1.82, 2.24) is 0 Å². The van der Waals surface area contributed by atoms with E-state index in [0.29, 0.717) is 5.69 Å². The summed E-state index contributed by atoms with van der Waals surface area (Å²) in [5.74, 6) is -1.75. The first-order valence-electron chi connectivity index (χ1n) is 6.00. The molecular formula is C14H12FN3O3. The van der Waals surface area contributed by atoms with Gasteiger partial charge in [0.25, 0.3) is 11.6 Å². The van der Waals surface area contributed by atoms with Crippen molar-refractivity contribution in [2.24, 2.45) is 0 Å². The molecule has 0 bridgehead atoms. The summed E-state index contributed by atoms with van der Waals surface area (Å²) in [7, 11) is 0. The summed E-state index contributed by atoms with van der Waals surface area (Å²) in [5, 5.41) is 13.2. The number of anilines is 2. The maximum absolute atomic E-state index is 13.7. The number of nitro groups is 1. The lowest BCUT2D eigenvalue weighted by atomic mass is 10.1. The van der Waals surface area contributed by atoms with Crippen LogP contribution in [0.2, 0.25) is 0 Å². The van der Waals surface area contributed by atoms with Gasteiger partial charge in [0.1, 0.15) is 17.1 Å². The molecule has 0 spiro atoms. The minimum atomic E-state index is -0.914. The summed E-state index contributed by atoms with van der Waals surface area (Å²) in [6, 6.07) is 8.58. The molecule has 0 heterocycles. The highest BCUT2D eigenvalue weighted by atomic mass is 19.1. The maximum Gasteiger partial charge on any atom is 0.293 e. The maximum atomic E-state index is 13.7. The van der Waals surface area contributed by atoms with Crippen molar-refractivity contribution >= 4 is 23.0 Å². The number of nitrogens with zero attached hydrogens (tertiary/aromatic N) is 1. The quantitative estimate of drug-likeness (QED) is 0.515. The zero-order valence-corrected chi connectivity index (χ0v) is 11.1. The van der Waals surface area contributed by atoms with Gasteiger partial charge in [-0.3, -0.25) is 14.9 Å². The summed E-state index contributed by atoms with van der Waals surface area (Å²) in [6.07, 6.45) is 0. The first-order chi connectivity index (χ1) is 9.90. The van der Waals surface area contributed by atoms with Crippen molar-refractivity contribution in [2.45, 2.75) is 6.92 Å². The Balaban J connectivity index is 2.37. The molecule has 0 aliphatic rings. The number of nitro benzene ring substituents is 1. The lowest BCUT2D eigenvalue weighted by Crippen LogP contribution is -2.17. The minimum Gasteiger partial charge on any atom is -0.392 e. The van der Waals surface area contributed by atoms with Crippen molar-refractivity contribution in [3.8, 4) is 0 Å². The zero-order valence-electron chi connectivity index (χ0n) is 11.1. The number of halogens is 1. The molecule has 21 heavy (non-hydrogen) atoms. The van der Waals surface area contributed by atoms with Crippen LogP contribution in [-0.2, 0) is 0 Å². The van der Waals surface area contributed by atoms with Gasteiger partial charge in [0.2, 0.25) is 0 Å². The standard InChI is InChI=1S/C14H12FN3O3/c1-8-2-4-9(5-3-8)17-14(19)12-10(15)6-7-11(13(12)16)18(20)21/h2-7H,16H2,1H3,(H,17,19). The van der Waals surface area contributed by atoms with Crippen LogP contribution in [0.25, 0.3) is 0 Å². The summed E-state index contributed by atoms with van der Waals surface area (Å²) in [4.78, 5) is 22.1. The fraction of sp³-hybridized carbons (Fsp3) is 0.0714. The van der Waals surface area contributed by atoms with Crippen LogP contribution in [0.3, 0.4) is 0 Å². The summed E-state index contributed by atoms with van der Waals surface area (Å²) < 4.78 is 13.7. The highest BCUT2D eigenvalue weighted by Crippen LogP contribution is 2.28. The van der Waals surface area contributed by atoms with Crippen molar-refractivity contribution in [3.05, 3.63) is 63.5 Å². The Hall–Kier alpha value is -2.96. The summed E-state index contributed by atoms with van der Waals surface area (Å²) in [5.41, 5.74) is 5.41. The lowest BCUT2D eigenvalue weighted by Gasteiger charge is -2.09. The SMILES string of the molecule is Cc1ccc(NC(=O)c2c(F)ccc([N+](=O)[O-])c2N)cc1. The molecule has 0 fully saturated rings. The molecular weight excluding hydrogens is 277 g/mol. The number of nitrogens with one attached hydrogen (secondary N) is 1. The second-order valence-corrected chi connectivity index (χ2v) is 4.43. The summed E-state index contributed by atoms with van der Waals surface area (Å²) >= 11 is 0. The molecule has 2 rings (SSSR count). The first-order valence-corrected chi connectivity index (χ1v) is 6.00. The third-order valence-corrected chi connectivity index (χ3v) is 2.90. The Bertz CT molecular complexity index is 714. The molecule has 0 aliphatic heterocycles. The molecule has 108 valence electrons. The molecule has 0 unspecified atom stereocenters. The molecule has 3 N–H and O–H groups in total. The molecule has 0 atom stereocenters. The second-order valence-electron chi connectivity index (χ2n) is 4.43. The molecule has 6 nitrogen and oxygen atoms in total. The van der Waals surface area contributed by atoms with E-state index in [1.54, 1.807) is 24.3 Å². The molecule has 2 aromatic carbocycles. The number of carbonyl (C=O) groups is 1. The number of benzene rings is 2. The van der Waals surface area contributed by atoms with Crippen LogP contribution in [0.5, 0.6) is 0 Å². The third-order valence-electron chi connectivity index (χ3n) is 2.90. The number of rotatable bonds is 3. The van der Waals surface area contributed by atoms with Gasteiger partial charge < -0.3 is 11.1 Å². The van der Waals surface area contributed by atoms with E-state index in [0.717, 1.165) is 17.7 Å². The Kier molecular flexibility index (Phi) is 3.84. The van der Waals surface area contributed by atoms with Gasteiger partial charge in [-0.05, 0) is 25.1 Å². The summed E-state index contributed by atoms with van der Waals surface area (Å²) in [6.45, 7) is 1.88. The van der Waals surface area contributed by atoms with E-state index in [1.807, 2.05) is 6.92 Å². The molecule has 0 radical (unpaired) electrons. The number of hydrogen-bond donors (Lipinski definition) is 2. The van der Waals surface area contributed by atoms with Gasteiger partial charge in [0.05, 0.1) is 4.92 Å². The van der Waals surface area contributed by atoms with E-state index in [4.69, 9.17) is 5.73 Å². The van der Waals surface area contributed by atoms with Crippen molar-refractivity contribution in [1.29, 1.82) is 0 Å². The molecule has 0 aromatic heterocycles. The van der Waals surface area contributed by atoms with Gasteiger partial charge in [-0.1, -0.05) is 17.7 Å². The second kappa shape index (κ2) is 5.58. The van der Waals surface area contributed by atoms with E-state index in [2.05, 4.69) is 5.32 Å². The normalized spacial score (nSPS) is 10.2. The van der Waals surface area contributed by atoms with Gasteiger partial charge in [-0.25, -0.2) is 4.39 Å². The van der Waals surface area contributed by atoms with Gasteiger partial charge in [0, 0.05) is 11.8 Å². The van der Waals surface area contributed by atoms with Crippen LogP contribution in [0.1, 0.15) is 15.9 Å². The Morgan fingerprint density at radius 3 is 2.43 bits per heavy atom. The van der Waals surface area contributed by atoms with E-state index in [9.17, 15) is 19.3 Å². The monoisotopic (exact) mass is 289 g/mol. The topological polar surface area (TPSA) is 98.3 Å². The van der Waals surface area contributed by atoms with Crippen molar-refractivity contribution < 1.29 is 14.1 Å². The van der Waals surface area contributed by atoms with Crippen LogP contribution >= 0.6 is 0 Å². The molecule has 0 aliphatic carbocycles. The largest absolute Gasteiger partial charge is 0.392 e. The Morgan fingerprint density at radius 2 is 1.86 bits per heavy atom. The third kappa shape index (κ3) is 2.97. The van der Waals surface area contributed by atoms with Crippen LogP contribution in [-0.4, -0.2) is 10.8 Å². The average Bonchev–Trinajstić information content (AvgIpc) is 2.41. The van der Waals surface area contributed by atoms with Gasteiger partial charge >= 0.3 is 0 Å². The fourth-order valence-corrected chi connectivity index (χ4v) is 1.80. The van der Waals surface area contributed by atoms with Crippen LogP contribution in [0.15, 0.2) is 36.4 Å². The Morgan fingerprint density at radius 1 is 1.24 bits per heavy atom. The van der Waals surface area contributed by atoms with E-state index in [-0.39, 0.29) is 0 Å². The van der Waals surface area contributed by atoms with Crippen LogP contribution in [0, 0.1) is 22.9 Å². The van der Waals surface area contributed by atoms with Crippen molar-refractivity contribution in [3.63, 3.8) is 0 Å². The highest BCUT2D eigenvalue weighted by Gasteiger charge is 2.23. The number of nitrogens with two attached hydrogens (primary N) is 1. The number of hydrogen-bond acceptors (Lipinski definition) is 4. The van der Waals surface area contributed by atoms with Crippen LogP contribution < -0.4 is 11.1 Å². The molecule has 7 heteroatoms. The fourth-order valence-electron chi connectivity index (χ4n) is 1.80. The number of carbonyl (C=O) groups excluding carboxylic acids is 1. The zero-order chi connectivity index (χ0) is 15.6. The van der Waals surface area contributed by atoms with E-state index < -0.39 is 33.6 Å². The number of nitrogen functional groups attached to an aromatic ring is 1. The Labute approximate surface area is 119 Å². The number of amides is 1. The van der Waals surface area contributed by atoms with Gasteiger partial charge in [-0.2, -0.15) is 0 Å². The van der Waals surface area contributed by atoms with Gasteiger partial charge in [-0.15, -0.1) is 0 Å². The highest BCUT2D eigenvalue weighted by molar-refractivity contribution is 6.09. The predicted molar refractivity (Wildman–Crippen MR) is 76.6 cm³/mol. The van der Waals surface area contributed by atoms with Crippen molar-refractivity contribution in [2.75, 3.05) is 11.1 Å². The average molecular weight is 289 g/mol. The van der Waals surface area contributed by atoms with E-state index in [1.165, 1.54) is 0 Å². The number of aryl methyl sites for hydroxylation is 1. The molecule has 1 amide bonds. The minimum absolute atomic E-state index is 0.441. The molecule has 0 saturated heterocycles. The predicted octanol–water partition coefficient (Wildman–Crippen LogP) is 2.88. The van der Waals surface area contributed by atoms with Gasteiger partial charge in [0.15, 0.2) is 0 Å². The molecule has 2 aromatic rings. The van der Waals surface area contributed by atoms with Crippen LogP contribution in [0.4, 0.5) is 21.5 Å². The van der Waals surface area contributed by atoms with E-state index >= 15 is 0 Å². The first kappa shape index (κ1) is 14.4. The lowest BCUT2D eigenvalue weighted by molar-refractivity contribution is -0.384. The molecule has 0 saturated carbocycles. The smallest absolute Gasteiger partial charge is 0.293 e.